The van der Waals surface area contributed by atoms with Crippen molar-refractivity contribution < 1.29 is 4.39 Å². The van der Waals surface area contributed by atoms with E-state index in [1.54, 1.807) is 0 Å². The first-order valence-electron chi connectivity index (χ1n) is 7.76. The maximum Gasteiger partial charge on any atom is 0.160 e. The van der Waals surface area contributed by atoms with Crippen molar-refractivity contribution in [1.82, 2.24) is 0 Å². The van der Waals surface area contributed by atoms with E-state index in [0.29, 0.717) is 28.0 Å². The Balaban J connectivity index is 2.18. The molecule has 1 aromatic carbocycles. The molecule has 1 atom stereocenters. The fourth-order valence-corrected chi connectivity index (χ4v) is 3.68. The van der Waals surface area contributed by atoms with Crippen LogP contribution in [0.15, 0.2) is 16.6 Å². The van der Waals surface area contributed by atoms with Gasteiger partial charge in [0.25, 0.3) is 0 Å². The van der Waals surface area contributed by atoms with E-state index in [2.05, 4.69) is 41.6 Å². The SMILES string of the molecule is CC(C)(C)C1CCCN(c2ccc(CN)c(Br)c2F)CC1. The third kappa shape index (κ3) is 3.78. The van der Waals surface area contributed by atoms with Crippen LogP contribution in [0.25, 0.3) is 0 Å². The zero-order chi connectivity index (χ0) is 15.6. The van der Waals surface area contributed by atoms with Crippen molar-refractivity contribution in [3.8, 4) is 0 Å². The predicted molar refractivity (Wildman–Crippen MR) is 91.0 cm³/mol. The van der Waals surface area contributed by atoms with Crippen LogP contribution in [-0.4, -0.2) is 13.1 Å². The van der Waals surface area contributed by atoms with Crippen LogP contribution >= 0.6 is 15.9 Å². The zero-order valence-electron chi connectivity index (χ0n) is 13.3. The molecule has 2 N–H and O–H groups in total. The Hall–Kier alpha value is -0.610. The smallest absolute Gasteiger partial charge is 0.160 e. The summed E-state index contributed by atoms with van der Waals surface area (Å²) in [5, 5.41) is 0. The van der Waals surface area contributed by atoms with Crippen molar-refractivity contribution in [3.05, 3.63) is 28.0 Å². The summed E-state index contributed by atoms with van der Waals surface area (Å²) >= 11 is 3.34. The predicted octanol–water partition coefficient (Wildman–Crippen LogP) is 4.70. The lowest BCUT2D eigenvalue weighted by molar-refractivity contribution is 0.220. The monoisotopic (exact) mass is 356 g/mol. The summed E-state index contributed by atoms with van der Waals surface area (Å²) < 4.78 is 15.1. The molecule has 0 spiro atoms. The summed E-state index contributed by atoms with van der Waals surface area (Å²) in [6.45, 7) is 9.12. The van der Waals surface area contributed by atoms with Crippen LogP contribution < -0.4 is 10.6 Å². The summed E-state index contributed by atoms with van der Waals surface area (Å²) in [6, 6.07) is 3.80. The van der Waals surface area contributed by atoms with E-state index in [-0.39, 0.29) is 5.82 Å². The summed E-state index contributed by atoms with van der Waals surface area (Å²) in [5.41, 5.74) is 7.48. The first-order valence-corrected chi connectivity index (χ1v) is 8.55. The van der Waals surface area contributed by atoms with Gasteiger partial charge in [0.15, 0.2) is 5.82 Å². The molecule has 0 saturated carbocycles. The van der Waals surface area contributed by atoms with E-state index in [9.17, 15) is 4.39 Å². The number of nitrogens with zero attached hydrogens (tertiary/aromatic N) is 1. The minimum Gasteiger partial charge on any atom is -0.369 e. The van der Waals surface area contributed by atoms with E-state index in [1.165, 1.54) is 6.42 Å². The lowest BCUT2D eigenvalue weighted by atomic mass is 9.77. The largest absolute Gasteiger partial charge is 0.369 e. The number of benzene rings is 1. The molecule has 2 rings (SSSR count). The molecule has 1 heterocycles. The van der Waals surface area contributed by atoms with Gasteiger partial charge in [-0.05, 0) is 58.2 Å². The van der Waals surface area contributed by atoms with Crippen LogP contribution in [0.4, 0.5) is 10.1 Å². The topological polar surface area (TPSA) is 29.3 Å². The molecule has 4 heteroatoms. The van der Waals surface area contributed by atoms with Crippen molar-refractivity contribution in [1.29, 1.82) is 0 Å². The van der Waals surface area contributed by atoms with Crippen LogP contribution in [0.5, 0.6) is 0 Å². The highest BCUT2D eigenvalue weighted by atomic mass is 79.9. The number of hydrogen-bond acceptors (Lipinski definition) is 2. The molecule has 1 unspecified atom stereocenters. The molecule has 0 radical (unpaired) electrons. The van der Waals surface area contributed by atoms with Crippen LogP contribution in [0.1, 0.15) is 45.6 Å². The van der Waals surface area contributed by atoms with E-state index in [0.717, 1.165) is 31.5 Å². The molecule has 1 aliphatic rings. The zero-order valence-corrected chi connectivity index (χ0v) is 14.8. The molecule has 2 nitrogen and oxygen atoms in total. The molecular weight excluding hydrogens is 331 g/mol. The van der Waals surface area contributed by atoms with Crippen molar-refractivity contribution in [2.45, 2.75) is 46.6 Å². The quantitative estimate of drug-likeness (QED) is 0.831. The second kappa shape index (κ2) is 6.66. The third-order valence-electron chi connectivity index (χ3n) is 4.66. The van der Waals surface area contributed by atoms with Gasteiger partial charge in [-0.15, -0.1) is 0 Å². The Morgan fingerprint density at radius 2 is 2.00 bits per heavy atom. The number of anilines is 1. The van der Waals surface area contributed by atoms with Gasteiger partial charge in [0.1, 0.15) is 0 Å². The molecule has 0 aliphatic carbocycles. The van der Waals surface area contributed by atoms with Crippen molar-refractivity contribution in [2.24, 2.45) is 17.1 Å². The Morgan fingerprint density at radius 3 is 2.62 bits per heavy atom. The fraction of sp³-hybridized carbons (Fsp3) is 0.647. The van der Waals surface area contributed by atoms with Gasteiger partial charge in [-0.25, -0.2) is 4.39 Å². The van der Waals surface area contributed by atoms with Gasteiger partial charge in [0.2, 0.25) is 0 Å². The normalized spacial score (nSPS) is 20.5. The Morgan fingerprint density at radius 1 is 1.29 bits per heavy atom. The van der Waals surface area contributed by atoms with Gasteiger partial charge in [-0.1, -0.05) is 26.8 Å². The fourth-order valence-electron chi connectivity index (χ4n) is 3.18. The number of hydrogen-bond donors (Lipinski definition) is 1. The molecule has 21 heavy (non-hydrogen) atoms. The van der Waals surface area contributed by atoms with Gasteiger partial charge in [0, 0.05) is 19.6 Å². The average Bonchev–Trinajstić information content (AvgIpc) is 2.67. The minimum absolute atomic E-state index is 0.174. The molecule has 1 aromatic rings. The highest BCUT2D eigenvalue weighted by Crippen LogP contribution is 2.36. The molecule has 1 fully saturated rings. The van der Waals surface area contributed by atoms with E-state index < -0.39 is 0 Å². The highest BCUT2D eigenvalue weighted by molar-refractivity contribution is 9.10. The lowest BCUT2D eigenvalue weighted by Crippen LogP contribution is -2.27. The Labute approximate surface area is 136 Å². The van der Waals surface area contributed by atoms with Gasteiger partial charge >= 0.3 is 0 Å². The number of halogens is 2. The summed E-state index contributed by atoms with van der Waals surface area (Å²) in [4.78, 5) is 2.19. The maximum absolute atomic E-state index is 14.6. The van der Waals surface area contributed by atoms with E-state index in [1.807, 2.05) is 12.1 Å². The average molecular weight is 357 g/mol. The minimum atomic E-state index is -0.174. The molecule has 1 aliphatic heterocycles. The molecule has 0 amide bonds. The van der Waals surface area contributed by atoms with Gasteiger partial charge in [0.05, 0.1) is 10.2 Å². The number of rotatable bonds is 2. The summed E-state index contributed by atoms with van der Waals surface area (Å²) in [6.07, 6.45) is 3.47. The van der Waals surface area contributed by atoms with Crippen LogP contribution in [0.2, 0.25) is 0 Å². The van der Waals surface area contributed by atoms with Gasteiger partial charge in [-0.3, -0.25) is 0 Å². The van der Waals surface area contributed by atoms with E-state index in [4.69, 9.17) is 5.73 Å². The summed E-state index contributed by atoms with van der Waals surface area (Å²) in [5.74, 6) is 0.532. The van der Waals surface area contributed by atoms with Crippen molar-refractivity contribution >= 4 is 21.6 Å². The van der Waals surface area contributed by atoms with Crippen molar-refractivity contribution in [3.63, 3.8) is 0 Å². The highest BCUT2D eigenvalue weighted by Gasteiger charge is 2.28. The molecule has 118 valence electrons. The molecule has 0 bridgehead atoms. The first kappa shape index (κ1) is 16.8. The Kier molecular flexibility index (Phi) is 5.31. The second-order valence-electron chi connectivity index (χ2n) is 7.06. The van der Waals surface area contributed by atoms with Crippen LogP contribution in [0, 0.1) is 17.2 Å². The molecule has 0 aromatic heterocycles. The second-order valence-corrected chi connectivity index (χ2v) is 7.85. The number of nitrogens with two attached hydrogens (primary N) is 1. The van der Waals surface area contributed by atoms with Crippen LogP contribution in [0.3, 0.4) is 0 Å². The maximum atomic E-state index is 14.6. The summed E-state index contributed by atoms with van der Waals surface area (Å²) in [7, 11) is 0. The van der Waals surface area contributed by atoms with E-state index >= 15 is 0 Å². The van der Waals surface area contributed by atoms with Gasteiger partial charge in [-0.2, -0.15) is 0 Å². The first-order chi connectivity index (χ1) is 9.84. The Bertz CT molecular complexity index is 496. The molecular formula is C17H26BrFN2. The van der Waals surface area contributed by atoms with Crippen LogP contribution in [-0.2, 0) is 6.54 Å². The van der Waals surface area contributed by atoms with Gasteiger partial charge < -0.3 is 10.6 Å². The third-order valence-corrected chi connectivity index (χ3v) is 5.51. The lowest BCUT2D eigenvalue weighted by Gasteiger charge is -2.30. The van der Waals surface area contributed by atoms with Crippen molar-refractivity contribution in [2.75, 3.05) is 18.0 Å². The molecule has 1 saturated heterocycles. The standard InChI is InChI=1S/C17H26BrFN2/c1-17(2,3)13-5-4-9-21(10-8-13)14-7-6-12(11-20)15(18)16(14)19/h6-7,13H,4-5,8-11,20H2,1-3H3.